The second-order valence-corrected chi connectivity index (χ2v) is 4.99. The van der Waals surface area contributed by atoms with E-state index in [0.717, 1.165) is 30.9 Å². The van der Waals surface area contributed by atoms with E-state index in [0.29, 0.717) is 19.0 Å². The van der Waals surface area contributed by atoms with Gasteiger partial charge in [-0.05, 0) is 31.6 Å². The lowest BCUT2D eigenvalue weighted by Crippen LogP contribution is -2.43. The van der Waals surface area contributed by atoms with Crippen LogP contribution in [0.4, 0.5) is 5.69 Å². The van der Waals surface area contributed by atoms with Crippen LogP contribution in [0.1, 0.15) is 27.2 Å². The van der Waals surface area contributed by atoms with E-state index >= 15 is 0 Å². The maximum absolute atomic E-state index is 12.4. The topological polar surface area (TPSA) is 50.8 Å². The molecule has 0 bridgehead atoms. The quantitative estimate of drug-likeness (QED) is 0.875. The Morgan fingerprint density at radius 2 is 1.86 bits per heavy atom. The zero-order valence-electron chi connectivity index (χ0n) is 13.0. The van der Waals surface area contributed by atoms with Crippen molar-refractivity contribution >= 4 is 11.6 Å². The van der Waals surface area contributed by atoms with E-state index in [9.17, 15) is 4.79 Å². The second-order valence-electron chi connectivity index (χ2n) is 4.99. The van der Waals surface area contributed by atoms with Crippen molar-refractivity contribution in [1.29, 1.82) is 0 Å². The van der Waals surface area contributed by atoms with Gasteiger partial charge in [0, 0.05) is 11.8 Å². The van der Waals surface area contributed by atoms with Crippen LogP contribution in [0.25, 0.3) is 0 Å². The number of amides is 1. The number of fused-ring (bicyclic) bond motifs is 1. The molecule has 21 heavy (non-hydrogen) atoms. The van der Waals surface area contributed by atoms with Crippen LogP contribution in [0.5, 0.6) is 11.5 Å². The minimum absolute atomic E-state index is 0.0258. The van der Waals surface area contributed by atoms with Gasteiger partial charge in [0.25, 0.3) is 0 Å². The van der Waals surface area contributed by atoms with Crippen LogP contribution in [0.2, 0.25) is 0 Å². The maximum atomic E-state index is 12.4. The van der Waals surface area contributed by atoms with Crippen LogP contribution < -0.4 is 14.8 Å². The van der Waals surface area contributed by atoms with E-state index < -0.39 is 0 Å². The lowest BCUT2D eigenvalue weighted by Gasteiger charge is -2.27. The van der Waals surface area contributed by atoms with Crippen molar-refractivity contribution in [2.24, 2.45) is 0 Å². The largest absolute Gasteiger partial charge is 0.486 e. The van der Waals surface area contributed by atoms with Crippen molar-refractivity contribution in [2.45, 2.75) is 33.2 Å². The Balaban J connectivity index is 2.07. The number of carbonyl (C=O) groups is 1. The van der Waals surface area contributed by atoms with Gasteiger partial charge in [-0.3, -0.25) is 9.69 Å². The average molecular weight is 292 g/mol. The van der Waals surface area contributed by atoms with Crippen LogP contribution in [0.15, 0.2) is 18.2 Å². The summed E-state index contributed by atoms with van der Waals surface area (Å²) in [5, 5.41) is 2.98. The zero-order chi connectivity index (χ0) is 15.2. The second kappa shape index (κ2) is 7.31. The molecule has 1 aromatic rings. The first-order valence-electron chi connectivity index (χ1n) is 7.64. The van der Waals surface area contributed by atoms with Gasteiger partial charge in [0.2, 0.25) is 5.91 Å². The average Bonchev–Trinajstić information content (AvgIpc) is 2.52. The fourth-order valence-corrected chi connectivity index (χ4v) is 2.62. The first-order valence-corrected chi connectivity index (χ1v) is 7.64. The van der Waals surface area contributed by atoms with Crippen molar-refractivity contribution < 1.29 is 14.3 Å². The molecule has 116 valence electrons. The van der Waals surface area contributed by atoms with Gasteiger partial charge in [-0.1, -0.05) is 20.8 Å². The Hall–Kier alpha value is -1.75. The lowest BCUT2D eigenvalue weighted by molar-refractivity contribution is -0.121. The molecule has 0 radical (unpaired) electrons. The summed E-state index contributed by atoms with van der Waals surface area (Å²) in [7, 11) is 0. The molecule has 2 rings (SSSR count). The van der Waals surface area contributed by atoms with Gasteiger partial charge in [0.15, 0.2) is 11.5 Å². The van der Waals surface area contributed by atoms with E-state index in [4.69, 9.17) is 9.47 Å². The summed E-state index contributed by atoms with van der Waals surface area (Å²) >= 11 is 0. The van der Waals surface area contributed by atoms with Crippen molar-refractivity contribution in [2.75, 3.05) is 31.6 Å². The third kappa shape index (κ3) is 3.67. The Labute approximate surface area is 126 Å². The highest BCUT2D eigenvalue weighted by molar-refractivity contribution is 5.95. The minimum atomic E-state index is -0.104. The van der Waals surface area contributed by atoms with Gasteiger partial charge in [-0.25, -0.2) is 0 Å². The number of hydrogen-bond acceptors (Lipinski definition) is 4. The highest BCUT2D eigenvalue weighted by Crippen LogP contribution is 2.32. The number of ether oxygens (including phenoxy) is 2. The molecule has 0 spiro atoms. The molecule has 5 heteroatoms. The normalized spacial score (nSPS) is 14.9. The number of hydrogen-bond donors (Lipinski definition) is 1. The zero-order valence-corrected chi connectivity index (χ0v) is 13.0. The summed E-state index contributed by atoms with van der Waals surface area (Å²) in [6, 6.07) is 5.40. The Kier molecular flexibility index (Phi) is 5.44. The summed E-state index contributed by atoms with van der Waals surface area (Å²) in [5.41, 5.74) is 0.745. The third-order valence-electron chi connectivity index (χ3n) is 3.75. The number of carbonyl (C=O) groups excluding carboxylic acids is 1. The predicted octanol–water partition coefficient (Wildman–Crippen LogP) is 2.52. The van der Waals surface area contributed by atoms with Gasteiger partial charge in [0.1, 0.15) is 13.2 Å². The molecule has 0 aromatic heterocycles. The Morgan fingerprint density at radius 1 is 1.19 bits per heavy atom. The molecular formula is C16H24N2O3. The van der Waals surface area contributed by atoms with Gasteiger partial charge in [0.05, 0.1) is 6.04 Å². The SMILES string of the molecule is CC[C@H](C(=O)Nc1ccc2c(c1)OCCO2)N(CC)CC. The Bertz CT molecular complexity index is 486. The first-order chi connectivity index (χ1) is 10.2. The van der Waals surface area contributed by atoms with Crippen LogP contribution in [-0.2, 0) is 4.79 Å². The standard InChI is InChI=1S/C16H24N2O3/c1-4-13(18(5-2)6-3)16(19)17-12-7-8-14-15(11-12)21-10-9-20-14/h7-8,11,13H,4-6,9-10H2,1-3H3,(H,17,19)/t13-/m1/s1. The van der Waals surface area contributed by atoms with Crippen LogP contribution in [-0.4, -0.2) is 43.2 Å². The molecule has 1 aromatic carbocycles. The minimum Gasteiger partial charge on any atom is -0.486 e. The molecule has 1 N–H and O–H groups in total. The molecule has 1 atom stereocenters. The summed E-state index contributed by atoms with van der Waals surface area (Å²) in [5.74, 6) is 1.45. The number of benzene rings is 1. The van der Waals surface area contributed by atoms with Crippen LogP contribution >= 0.6 is 0 Å². The first kappa shape index (κ1) is 15.6. The van der Waals surface area contributed by atoms with E-state index in [1.54, 1.807) is 0 Å². The van der Waals surface area contributed by atoms with Crippen LogP contribution in [0.3, 0.4) is 0 Å². The third-order valence-corrected chi connectivity index (χ3v) is 3.75. The highest BCUT2D eigenvalue weighted by atomic mass is 16.6. The van der Waals surface area contributed by atoms with E-state index in [2.05, 4.69) is 24.1 Å². The van der Waals surface area contributed by atoms with Gasteiger partial charge < -0.3 is 14.8 Å². The molecule has 1 aliphatic rings. The van der Waals surface area contributed by atoms with Crippen molar-refractivity contribution in [3.63, 3.8) is 0 Å². The summed E-state index contributed by atoms with van der Waals surface area (Å²) < 4.78 is 11.0. The molecule has 5 nitrogen and oxygen atoms in total. The molecular weight excluding hydrogens is 268 g/mol. The van der Waals surface area contributed by atoms with Gasteiger partial charge in [-0.15, -0.1) is 0 Å². The van der Waals surface area contributed by atoms with Crippen molar-refractivity contribution in [1.82, 2.24) is 4.90 Å². The molecule has 0 saturated heterocycles. The molecule has 1 heterocycles. The number of rotatable bonds is 6. The lowest BCUT2D eigenvalue weighted by atomic mass is 10.1. The van der Waals surface area contributed by atoms with E-state index in [1.165, 1.54) is 0 Å². The molecule has 0 saturated carbocycles. The van der Waals surface area contributed by atoms with E-state index in [1.807, 2.05) is 25.1 Å². The van der Waals surface area contributed by atoms with Crippen molar-refractivity contribution in [3.8, 4) is 11.5 Å². The monoisotopic (exact) mass is 292 g/mol. The number of nitrogens with one attached hydrogen (secondary N) is 1. The van der Waals surface area contributed by atoms with Crippen LogP contribution in [0, 0.1) is 0 Å². The fraction of sp³-hybridized carbons (Fsp3) is 0.562. The molecule has 0 unspecified atom stereocenters. The molecule has 1 amide bonds. The highest BCUT2D eigenvalue weighted by Gasteiger charge is 2.22. The number of nitrogens with zero attached hydrogens (tertiary/aromatic N) is 1. The van der Waals surface area contributed by atoms with Gasteiger partial charge >= 0.3 is 0 Å². The van der Waals surface area contributed by atoms with Gasteiger partial charge in [-0.2, -0.15) is 0 Å². The number of anilines is 1. The fourth-order valence-electron chi connectivity index (χ4n) is 2.62. The maximum Gasteiger partial charge on any atom is 0.241 e. The summed E-state index contributed by atoms with van der Waals surface area (Å²) in [6.07, 6.45) is 0.790. The number of likely N-dealkylation sites (N-methyl/N-ethyl adjacent to an activating group) is 1. The summed E-state index contributed by atoms with van der Waals surface area (Å²) in [6.45, 7) is 9.02. The van der Waals surface area contributed by atoms with Crippen molar-refractivity contribution in [3.05, 3.63) is 18.2 Å². The Morgan fingerprint density at radius 3 is 2.48 bits per heavy atom. The molecule has 0 aliphatic carbocycles. The molecule has 1 aliphatic heterocycles. The predicted molar refractivity (Wildman–Crippen MR) is 83.1 cm³/mol. The van der Waals surface area contributed by atoms with E-state index in [-0.39, 0.29) is 11.9 Å². The smallest absolute Gasteiger partial charge is 0.241 e. The molecule has 0 fully saturated rings. The summed E-state index contributed by atoms with van der Waals surface area (Å²) in [4.78, 5) is 14.6.